The van der Waals surface area contributed by atoms with Gasteiger partial charge in [-0.25, -0.2) is 4.79 Å². The van der Waals surface area contributed by atoms with E-state index < -0.39 is 17.4 Å². The molecule has 1 aliphatic heterocycles. The van der Waals surface area contributed by atoms with Crippen molar-refractivity contribution in [2.45, 2.75) is 26.2 Å². The first kappa shape index (κ1) is 10.9. The van der Waals surface area contributed by atoms with E-state index in [9.17, 15) is 14.4 Å². The molecule has 1 N–H and O–H groups in total. The summed E-state index contributed by atoms with van der Waals surface area (Å²) in [6, 6.07) is -0.586. The Balaban J connectivity index is 2.09. The van der Waals surface area contributed by atoms with E-state index >= 15 is 0 Å². The summed E-state index contributed by atoms with van der Waals surface area (Å²) >= 11 is 0. The predicted molar refractivity (Wildman–Crippen MR) is 56.3 cm³/mol. The molecular formula is C11H14N2O3. The van der Waals surface area contributed by atoms with Crippen molar-refractivity contribution in [3.63, 3.8) is 0 Å². The number of amides is 4. The highest BCUT2D eigenvalue weighted by molar-refractivity contribution is 6.20. The van der Waals surface area contributed by atoms with Gasteiger partial charge in [-0.1, -0.05) is 12.2 Å². The third kappa shape index (κ3) is 1.52. The molecule has 0 aromatic rings. The fraction of sp³-hybridized carbons (Fsp3) is 0.545. The van der Waals surface area contributed by atoms with Gasteiger partial charge in [0.2, 0.25) is 11.8 Å². The van der Waals surface area contributed by atoms with Crippen molar-refractivity contribution >= 4 is 17.8 Å². The Kier molecular flexibility index (Phi) is 2.53. The number of hydrogen-bond donors (Lipinski definition) is 1. The standard InChI is InChI=1S/C11H14N2O3/c1-2-3-4-7-13-9(15)11(5-6-11)8(14)12-10(13)16/h2-3H,4-7H2,1H3,(H,12,14,16)/b3-2+. The van der Waals surface area contributed by atoms with E-state index in [2.05, 4.69) is 5.32 Å². The minimum atomic E-state index is -0.913. The summed E-state index contributed by atoms with van der Waals surface area (Å²) < 4.78 is 0. The normalized spacial score (nSPS) is 23.1. The van der Waals surface area contributed by atoms with Gasteiger partial charge in [-0.05, 0) is 26.2 Å². The van der Waals surface area contributed by atoms with E-state index in [1.54, 1.807) is 0 Å². The van der Waals surface area contributed by atoms with Gasteiger partial charge in [0, 0.05) is 6.54 Å². The van der Waals surface area contributed by atoms with Crippen LogP contribution >= 0.6 is 0 Å². The lowest BCUT2D eigenvalue weighted by Crippen LogP contribution is -2.59. The molecule has 4 amide bonds. The zero-order chi connectivity index (χ0) is 11.8. The largest absolute Gasteiger partial charge is 0.330 e. The number of barbiturate groups is 1. The first-order valence-corrected chi connectivity index (χ1v) is 5.40. The van der Waals surface area contributed by atoms with Gasteiger partial charge >= 0.3 is 6.03 Å². The van der Waals surface area contributed by atoms with Gasteiger partial charge in [0.25, 0.3) is 0 Å². The highest BCUT2D eigenvalue weighted by Crippen LogP contribution is 2.48. The van der Waals surface area contributed by atoms with Gasteiger partial charge in [-0.15, -0.1) is 0 Å². The van der Waals surface area contributed by atoms with E-state index in [0.717, 1.165) is 4.90 Å². The third-order valence-electron chi connectivity index (χ3n) is 3.06. The molecule has 5 heteroatoms. The maximum Gasteiger partial charge on any atom is 0.330 e. The molecule has 2 rings (SSSR count). The quantitative estimate of drug-likeness (QED) is 0.567. The van der Waals surface area contributed by atoms with Crippen molar-refractivity contribution in [2.75, 3.05) is 6.54 Å². The second-order valence-electron chi connectivity index (χ2n) is 4.16. The van der Waals surface area contributed by atoms with Crippen molar-refractivity contribution in [3.8, 4) is 0 Å². The zero-order valence-electron chi connectivity index (χ0n) is 9.16. The molecule has 0 unspecified atom stereocenters. The number of rotatable bonds is 3. The molecule has 0 radical (unpaired) electrons. The van der Waals surface area contributed by atoms with E-state index in [-0.39, 0.29) is 5.91 Å². The lowest BCUT2D eigenvalue weighted by atomic mass is 10.0. The number of urea groups is 1. The molecule has 1 spiro atoms. The van der Waals surface area contributed by atoms with Gasteiger partial charge in [0.1, 0.15) is 5.41 Å². The second-order valence-corrected chi connectivity index (χ2v) is 4.16. The van der Waals surface area contributed by atoms with Crippen LogP contribution in [-0.4, -0.2) is 29.3 Å². The number of carbonyl (C=O) groups is 3. The minimum absolute atomic E-state index is 0.328. The molecule has 16 heavy (non-hydrogen) atoms. The topological polar surface area (TPSA) is 66.5 Å². The Hall–Kier alpha value is -1.65. The number of hydrogen-bond acceptors (Lipinski definition) is 3. The first-order chi connectivity index (χ1) is 7.62. The van der Waals surface area contributed by atoms with Crippen LogP contribution in [0.4, 0.5) is 4.79 Å². The lowest BCUT2D eigenvalue weighted by molar-refractivity contribution is -0.144. The van der Waals surface area contributed by atoms with Crippen molar-refractivity contribution in [1.82, 2.24) is 10.2 Å². The van der Waals surface area contributed by atoms with Gasteiger partial charge in [-0.2, -0.15) is 0 Å². The highest BCUT2D eigenvalue weighted by atomic mass is 16.2. The van der Waals surface area contributed by atoms with Crippen LogP contribution in [0, 0.1) is 5.41 Å². The lowest BCUT2D eigenvalue weighted by Gasteiger charge is -2.29. The molecular weight excluding hydrogens is 208 g/mol. The van der Waals surface area contributed by atoms with Gasteiger partial charge < -0.3 is 0 Å². The van der Waals surface area contributed by atoms with Crippen molar-refractivity contribution in [1.29, 1.82) is 0 Å². The molecule has 0 aromatic carbocycles. The number of carbonyl (C=O) groups excluding carboxylic acids is 3. The average Bonchev–Trinajstić information content (AvgIpc) is 3.02. The Morgan fingerprint density at radius 1 is 1.38 bits per heavy atom. The number of allylic oxidation sites excluding steroid dienone is 1. The van der Waals surface area contributed by atoms with Crippen molar-refractivity contribution < 1.29 is 14.4 Å². The number of imide groups is 2. The molecule has 0 bridgehead atoms. The third-order valence-corrected chi connectivity index (χ3v) is 3.06. The molecule has 2 aliphatic rings. The molecule has 1 aliphatic carbocycles. The number of nitrogens with one attached hydrogen (secondary N) is 1. The van der Waals surface area contributed by atoms with Gasteiger partial charge in [-0.3, -0.25) is 19.8 Å². The molecule has 5 nitrogen and oxygen atoms in total. The van der Waals surface area contributed by atoms with Crippen LogP contribution in [0.1, 0.15) is 26.2 Å². The summed E-state index contributed by atoms with van der Waals surface area (Å²) in [4.78, 5) is 36.0. The second kappa shape index (κ2) is 3.73. The smallest absolute Gasteiger partial charge is 0.277 e. The molecule has 0 aromatic heterocycles. The predicted octanol–water partition coefficient (Wildman–Crippen LogP) is 0.811. The Morgan fingerprint density at radius 3 is 2.62 bits per heavy atom. The molecule has 1 saturated carbocycles. The highest BCUT2D eigenvalue weighted by Gasteiger charge is 2.61. The molecule has 1 saturated heterocycles. The zero-order valence-corrected chi connectivity index (χ0v) is 9.16. The minimum Gasteiger partial charge on any atom is -0.277 e. The maximum atomic E-state index is 11.9. The van der Waals surface area contributed by atoms with Gasteiger partial charge in [0.05, 0.1) is 0 Å². The first-order valence-electron chi connectivity index (χ1n) is 5.40. The summed E-state index contributed by atoms with van der Waals surface area (Å²) in [5.74, 6) is -0.754. The van der Waals surface area contributed by atoms with Crippen LogP contribution in [0.3, 0.4) is 0 Å². The summed E-state index contributed by atoms with van der Waals surface area (Å²) in [5.41, 5.74) is -0.913. The maximum absolute atomic E-state index is 11.9. The summed E-state index contributed by atoms with van der Waals surface area (Å²) in [6.45, 7) is 2.22. The van der Waals surface area contributed by atoms with Crippen LogP contribution < -0.4 is 5.32 Å². The summed E-state index contributed by atoms with van der Waals surface area (Å²) in [7, 11) is 0. The van der Waals surface area contributed by atoms with E-state index in [1.165, 1.54) is 0 Å². The molecule has 1 heterocycles. The number of nitrogens with zero attached hydrogens (tertiary/aromatic N) is 1. The monoisotopic (exact) mass is 222 g/mol. The van der Waals surface area contributed by atoms with Crippen LogP contribution in [0.15, 0.2) is 12.2 Å². The van der Waals surface area contributed by atoms with Crippen molar-refractivity contribution in [2.24, 2.45) is 5.41 Å². The van der Waals surface area contributed by atoms with E-state index in [0.29, 0.717) is 25.8 Å². The Labute approximate surface area is 93.5 Å². The molecule has 2 fully saturated rings. The van der Waals surface area contributed by atoms with Crippen LogP contribution in [0.25, 0.3) is 0 Å². The Morgan fingerprint density at radius 2 is 2.06 bits per heavy atom. The van der Waals surface area contributed by atoms with Crippen LogP contribution in [-0.2, 0) is 9.59 Å². The summed E-state index contributed by atoms with van der Waals surface area (Å²) in [6.07, 6.45) is 5.50. The fourth-order valence-corrected chi connectivity index (χ4v) is 1.87. The van der Waals surface area contributed by atoms with Crippen LogP contribution in [0.2, 0.25) is 0 Å². The van der Waals surface area contributed by atoms with E-state index in [1.807, 2.05) is 19.1 Å². The summed E-state index contributed by atoms with van der Waals surface area (Å²) in [5, 5.41) is 2.24. The Bertz CT molecular complexity index is 383. The van der Waals surface area contributed by atoms with Crippen molar-refractivity contribution in [3.05, 3.63) is 12.2 Å². The van der Waals surface area contributed by atoms with Crippen LogP contribution in [0.5, 0.6) is 0 Å². The molecule has 86 valence electrons. The SMILES string of the molecule is C/C=C/CCN1C(=O)NC(=O)C2(CC2)C1=O. The fourth-order valence-electron chi connectivity index (χ4n) is 1.87. The average molecular weight is 222 g/mol. The van der Waals surface area contributed by atoms with Gasteiger partial charge in [0.15, 0.2) is 0 Å². The molecule has 0 atom stereocenters. The van der Waals surface area contributed by atoms with E-state index in [4.69, 9.17) is 0 Å².